The number of hydrogen-bond acceptors (Lipinski definition) is 8. The molecule has 2 heterocycles. The van der Waals surface area contributed by atoms with Crippen LogP contribution >= 0.6 is 11.9 Å². The molecular weight excluding hydrogens is 546 g/mol. The highest BCUT2D eigenvalue weighted by molar-refractivity contribution is 8.00. The first-order valence-corrected chi connectivity index (χ1v) is 15.9. The number of carbonyl (C=O) groups excluding carboxylic acids is 1. The molecule has 42 heavy (non-hydrogen) atoms. The average molecular weight is 592 g/mol. The molecule has 0 radical (unpaired) electrons. The Morgan fingerprint density at radius 2 is 1.90 bits per heavy atom. The highest BCUT2D eigenvalue weighted by atomic mass is 32.2. The molecule has 9 heteroatoms. The van der Waals surface area contributed by atoms with Crippen LogP contribution in [0.15, 0.2) is 56.9 Å². The van der Waals surface area contributed by atoms with Gasteiger partial charge in [-0.3, -0.25) is 14.7 Å². The van der Waals surface area contributed by atoms with Crippen LogP contribution in [-0.4, -0.2) is 59.5 Å². The monoisotopic (exact) mass is 591 g/mol. The summed E-state index contributed by atoms with van der Waals surface area (Å²) in [6, 6.07) is 14.5. The van der Waals surface area contributed by atoms with Gasteiger partial charge in [-0.25, -0.2) is 0 Å². The molecule has 2 aromatic carbocycles. The lowest BCUT2D eigenvalue weighted by Crippen LogP contribution is -2.39. The van der Waals surface area contributed by atoms with E-state index < -0.39 is 0 Å². The molecular formula is C33H45N5O3S. The smallest absolute Gasteiger partial charge is 0.254 e. The maximum Gasteiger partial charge on any atom is 0.254 e. The zero-order chi connectivity index (χ0) is 30.1. The van der Waals surface area contributed by atoms with E-state index in [0.29, 0.717) is 26.3 Å². The molecule has 0 aliphatic carbocycles. The van der Waals surface area contributed by atoms with E-state index in [2.05, 4.69) is 72.1 Å². The number of aromatic nitrogens is 1. The number of anilines is 1. The predicted octanol–water partition coefficient (Wildman–Crippen LogP) is 7.26. The molecule has 8 nitrogen and oxygen atoms in total. The van der Waals surface area contributed by atoms with Crippen molar-refractivity contribution in [3.8, 4) is 11.1 Å². The molecule has 0 bridgehead atoms. The van der Waals surface area contributed by atoms with E-state index in [1.807, 2.05) is 31.7 Å². The highest BCUT2D eigenvalue weighted by Crippen LogP contribution is 2.35. The number of rotatable bonds is 16. The SMILES string of the molecule is CCCCC1=NC(CN(C)CCC)C(=O)N1Cc1ccc(-c2ccccc2SNc2noc(C)c2C)c(COCC)c1. The van der Waals surface area contributed by atoms with Gasteiger partial charge >= 0.3 is 0 Å². The summed E-state index contributed by atoms with van der Waals surface area (Å²) in [6.07, 6.45) is 3.96. The molecule has 0 saturated heterocycles. The number of aryl methyl sites for hydroxylation is 1. The van der Waals surface area contributed by atoms with Crippen molar-refractivity contribution < 1.29 is 14.1 Å². The summed E-state index contributed by atoms with van der Waals surface area (Å²) in [5.41, 5.74) is 5.38. The zero-order valence-corrected chi connectivity index (χ0v) is 26.7. The second-order valence-corrected chi connectivity index (χ2v) is 11.7. The summed E-state index contributed by atoms with van der Waals surface area (Å²) in [5, 5.41) is 4.14. The molecule has 1 unspecified atom stereocenters. The summed E-state index contributed by atoms with van der Waals surface area (Å²) in [6.45, 7) is 13.5. The summed E-state index contributed by atoms with van der Waals surface area (Å²) in [5.74, 6) is 2.55. The van der Waals surface area contributed by atoms with Crippen molar-refractivity contribution in [2.75, 3.05) is 31.5 Å². The third kappa shape index (κ3) is 7.82. The largest absolute Gasteiger partial charge is 0.377 e. The minimum atomic E-state index is -0.330. The fourth-order valence-corrected chi connectivity index (χ4v) is 5.95. The van der Waals surface area contributed by atoms with Crippen LogP contribution in [0.1, 0.15) is 68.9 Å². The number of amides is 1. The number of ether oxygens (including phenoxy) is 1. The molecule has 0 saturated carbocycles. The number of nitrogens with one attached hydrogen (secondary N) is 1. The summed E-state index contributed by atoms with van der Waals surface area (Å²) >= 11 is 1.52. The number of unbranched alkanes of at least 4 members (excludes halogenated alkanes) is 1. The molecule has 0 fully saturated rings. The summed E-state index contributed by atoms with van der Waals surface area (Å²) in [4.78, 5) is 23.7. The molecule has 1 amide bonds. The van der Waals surface area contributed by atoms with E-state index in [4.69, 9.17) is 14.3 Å². The van der Waals surface area contributed by atoms with Crippen molar-refractivity contribution in [3.05, 3.63) is 64.9 Å². The van der Waals surface area contributed by atoms with Crippen molar-refractivity contribution in [1.82, 2.24) is 15.0 Å². The average Bonchev–Trinajstić information content (AvgIpc) is 3.46. The molecule has 3 aromatic rings. The van der Waals surface area contributed by atoms with Crippen LogP contribution in [0.25, 0.3) is 11.1 Å². The Kier molecular flexibility index (Phi) is 11.6. The fraction of sp³-hybridized carbons (Fsp3) is 0.485. The van der Waals surface area contributed by atoms with Crippen molar-refractivity contribution >= 4 is 29.5 Å². The van der Waals surface area contributed by atoms with Crippen molar-refractivity contribution in [3.63, 3.8) is 0 Å². The van der Waals surface area contributed by atoms with Gasteiger partial charge in [-0.15, -0.1) is 0 Å². The van der Waals surface area contributed by atoms with Gasteiger partial charge < -0.3 is 18.9 Å². The van der Waals surface area contributed by atoms with Gasteiger partial charge in [0.05, 0.1) is 13.2 Å². The molecule has 1 aromatic heterocycles. The number of hydrogen-bond donors (Lipinski definition) is 1. The number of aliphatic imine (C=N–C) groups is 1. The lowest BCUT2D eigenvalue weighted by atomic mass is 9.97. The van der Waals surface area contributed by atoms with Crippen LogP contribution in [0.4, 0.5) is 5.82 Å². The van der Waals surface area contributed by atoms with Gasteiger partial charge in [-0.1, -0.05) is 61.8 Å². The number of nitrogens with zero attached hydrogens (tertiary/aromatic N) is 4. The van der Waals surface area contributed by atoms with Gasteiger partial charge in [0.15, 0.2) is 5.82 Å². The van der Waals surface area contributed by atoms with Crippen molar-refractivity contribution in [2.24, 2.45) is 4.99 Å². The van der Waals surface area contributed by atoms with E-state index in [0.717, 1.165) is 82.4 Å². The van der Waals surface area contributed by atoms with Crippen LogP contribution in [-0.2, 0) is 22.7 Å². The Morgan fingerprint density at radius 3 is 2.62 bits per heavy atom. The van der Waals surface area contributed by atoms with Gasteiger partial charge in [0, 0.05) is 30.0 Å². The first-order valence-electron chi connectivity index (χ1n) is 15.1. The third-order valence-corrected chi connectivity index (χ3v) is 8.45. The maximum absolute atomic E-state index is 13.6. The van der Waals surface area contributed by atoms with E-state index in [9.17, 15) is 4.79 Å². The van der Waals surface area contributed by atoms with E-state index in [-0.39, 0.29) is 11.9 Å². The van der Waals surface area contributed by atoms with Crippen LogP contribution in [0.2, 0.25) is 0 Å². The minimum Gasteiger partial charge on any atom is -0.377 e. The molecule has 1 atom stereocenters. The summed E-state index contributed by atoms with van der Waals surface area (Å²) < 4.78 is 14.6. The van der Waals surface area contributed by atoms with E-state index >= 15 is 0 Å². The fourth-order valence-electron chi connectivity index (χ4n) is 5.12. The van der Waals surface area contributed by atoms with Gasteiger partial charge in [0.25, 0.3) is 5.91 Å². The Balaban J connectivity index is 1.59. The number of amidine groups is 1. The van der Waals surface area contributed by atoms with Gasteiger partial charge in [-0.2, -0.15) is 0 Å². The van der Waals surface area contributed by atoms with Crippen LogP contribution in [0.3, 0.4) is 0 Å². The Labute approximate surface area is 255 Å². The van der Waals surface area contributed by atoms with Gasteiger partial charge in [0.1, 0.15) is 17.6 Å². The Hall–Kier alpha value is -3.14. The minimum absolute atomic E-state index is 0.102. The first-order chi connectivity index (χ1) is 20.4. The standard InChI is InChI=1S/C33H45N5O3S/c1-7-10-15-31-34-29(21-37(6)18-8-2)33(39)38(31)20-25-16-17-27(26(19-25)22-40-9-3)28-13-11-12-14-30(28)42-36-32-23(4)24(5)41-35-32/h11-14,16-17,19,29H,7-10,15,18,20-22H2,1-6H3,(H,35,36). The van der Waals surface area contributed by atoms with Crippen molar-refractivity contribution in [1.29, 1.82) is 0 Å². The maximum atomic E-state index is 13.6. The topological polar surface area (TPSA) is 83.2 Å². The quantitative estimate of drug-likeness (QED) is 0.176. The van der Waals surface area contributed by atoms with Crippen LogP contribution < -0.4 is 4.72 Å². The molecule has 1 N–H and O–H groups in total. The first kappa shape index (κ1) is 31.8. The zero-order valence-electron chi connectivity index (χ0n) is 25.9. The number of carbonyl (C=O) groups is 1. The van der Waals surface area contributed by atoms with E-state index in [1.54, 1.807) is 0 Å². The molecule has 1 aliphatic heterocycles. The third-order valence-electron chi connectivity index (χ3n) is 7.58. The lowest BCUT2D eigenvalue weighted by Gasteiger charge is -2.22. The van der Waals surface area contributed by atoms with E-state index in [1.165, 1.54) is 11.9 Å². The highest BCUT2D eigenvalue weighted by Gasteiger charge is 2.34. The van der Waals surface area contributed by atoms with Crippen LogP contribution in [0.5, 0.6) is 0 Å². The number of likely N-dealkylation sites (N-methyl/N-ethyl adjacent to an activating group) is 1. The molecule has 4 rings (SSSR count). The predicted molar refractivity (Wildman–Crippen MR) is 172 cm³/mol. The van der Waals surface area contributed by atoms with Gasteiger partial charge in [0.2, 0.25) is 0 Å². The Bertz CT molecular complexity index is 1370. The lowest BCUT2D eigenvalue weighted by molar-refractivity contribution is -0.128. The number of benzene rings is 2. The van der Waals surface area contributed by atoms with Crippen LogP contribution in [0, 0.1) is 13.8 Å². The molecule has 0 spiro atoms. The second-order valence-electron chi connectivity index (χ2n) is 10.9. The Morgan fingerprint density at radius 1 is 1.10 bits per heavy atom. The molecule has 1 aliphatic rings. The molecule has 226 valence electrons. The normalized spacial score (nSPS) is 15.1. The second kappa shape index (κ2) is 15.4. The van der Waals surface area contributed by atoms with Gasteiger partial charge in [-0.05, 0) is 87.5 Å². The van der Waals surface area contributed by atoms with Crippen molar-refractivity contribution in [2.45, 2.75) is 84.4 Å². The summed E-state index contributed by atoms with van der Waals surface area (Å²) in [7, 11) is 2.07.